The van der Waals surface area contributed by atoms with E-state index in [-0.39, 0.29) is 0 Å². The van der Waals surface area contributed by atoms with Crippen LogP contribution in [0.25, 0.3) is 0 Å². The van der Waals surface area contributed by atoms with E-state index in [9.17, 15) is 0 Å². The first-order chi connectivity index (χ1) is 6.67. The minimum absolute atomic E-state index is 0.439. The van der Waals surface area contributed by atoms with Gasteiger partial charge in [-0.1, -0.05) is 13.2 Å². The van der Waals surface area contributed by atoms with E-state index in [1.165, 1.54) is 12.4 Å². The average Bonchev–Trinajstić information content (AvgIpc) is 2.22. The molecule has 0 aliphatic heterocycles. The summed E-state index contributed by atoms with van der Waals surface area (Å²) in [5.41, 5.74) is 2.54. The molecule has 5 heteroatoms. The molecule has 0 aromatic heterocycles. The monoisotopic (exact) mass is 193 g/mol. The number of hydrogen-bond donors (Lipinski definition) is 1. The fourth-order valence-electron chi connectivity index (χ4n) is 0.705. The van der Waals surface area contributed by atoms with Crippen molar-refractivity contribution in [2.75, 3.05) is 14.1 Å². The van der Waals surface area contributed by atoms with Gasteiger partial charge in [-0.25, -0.2) is 5.01 Å². The maximum Gasteiger partial charge on any atom is 0.152 e. The smallest absolute Gasteiger partial charge is 0.152 e. The van der Waals surface area contributed by atoms with E-state index in [4.69, 9.17) is 5.26 Å². The molecule has 0 saturated carbocycles. The van der Waals surface area contributed by atoms with Crippen molar-refractivity contribution in [2.45, 2.75) is 6.04 Å². The Hall–Kier alpha value is -1.80. The topological polar surface area (TPSA) is 54.7 Å². The number of rotatable bonds is 6. The molecule has 0 rings (SSSR count). The van der Waals surface area contributed by atoms with E-state index in [0.717, 1.165) is 0 Å². The van der Waals surface area contributed by atoms with E-state index in [0.29, 0.717) is 0 Å². The van der Waals surface area contributed by atoms with Gasteiger partial charge in [0, 0.05) is 26.5 Å². The molecule has 76 valence electrons. The molecule has 5 nitrogen and oxygen atoms in total. The lowest BCUT2D eigenvalue weighted by Gasteiger charge is -2.28. The molecule has 1 atom stereocenters. The Bertz CT molecular complexity index is 252. The molecule has 14 heavy (non-hydrogen) atoms. The SMILES string of the molecule is C=CNN=CC(C#N)N(C)N(C)C=C. The van der Waals surface area contributed by atoms with Crippen LogP contribution in [0.15, 0.2) is 30.7 Å². The number of hydrogen-bond acceptors (Lipinski definition) is 5. The molecule has 0 aliphatic carbocycles. The molecular weight excluding hydrogens is 178 g/mol. The molecule has 0 aliphatic rings. The van der Waals surface area contributed by atoms with Crippen molar-refractivity contribution >= 4 is 6.21 Å². The molecule has 0 aromatic carbocycles. The predicted octanol–water partition coefficient (Wildman–Crippen LogP) is 0.520. The summed E-state index contributed by atoms with van der Waals surface area (Å²) < 4.78 is 0. The highest BCUT2D eigenvalue weighted by Gasteiger charge is 2.12. The molecule has 0 heterocycles. The van der Waals surface area contributed by atoms with Crippen LogP contribution in [-0.2, 0) is 0 Å². The number of nitrogens with one attached hydrogen (secondary N) is 1. The molecule has 0 spiro atoms. The van der Waals surface area contributed by atoms with Gasteiger partial charge in [0.2, 0.25) is 0 Å². The van der Waals surface area contributed by atoms with Gasteiger partial charge in [-0.2, -0.15) is 10.4 Å². The Morgan fingerprint density at radius 3 is 2.57 bits per heavy atom. The Kier molecular flexibility index (Phi) is 5.83. The third-order valence-electron chi connectivity index (χ3n) is 1.68. The van der Waals surface area contributed by atoms with Crippen LogP contribution >= 0.6 is 0 Å². The molecule has 0 fully saturated rings. The Morgan fingerprint density at radius 2 is 2.14 bits per heavy atom. The van der Waals surface area contributed by atoms with Crippen LogP contribution in [0.4, 0.5) is 0 Å². The van der Waals surface area contributed by atoms with Gasteiger partial charge in [0.25, 0.3) is 0 Å². The Morgan fingerprint density at radius 1 is 1.50 bits per heavy atom. The van der Waals surface area contributed by atoms with Gasteiger partial charge in [-0.05, 0) is 0 Å². The second-order valence-electron chi connectivity index (χ2n) is 2.52. The highest BCUT2D eigenvalue weighted by Crippen LogP contribution is 1.96. The van der Waals surface area contributed by atoms with Crippen molar-refractivity contribution in [3.63, 3.8) is 0 Å². The van der Waals surface area contributed by atoms with Crippen LogP contribution in [0.5, 0.6) is 0 Å². The van der Waals surface area contributed by atoms with Crippen LogP contribution in [0.2, 0.25) is 0 Å². The summed E-state index contributed by atoms with van der Waals surface area (Å²) in [5, 5.41) is 16.0. The second-order valence-corrected chi connectivity index (χ2v) is 2.52. The Labute approximate surface area is 84.6 Å². The number of nitrogens with zero attached hydrogens (tertiary/aromatic N) is 4. The normalized spacial score (nSPS) is 12.1. The second kappa shape index (κ2) is 6.69. The van der Waals surface area contributed by atoms with Crippen molar-refractivity contribution in [3.05, 3.63) is 25.6 Å². The Balaban J connectivity index is 4.34. The molecule has 0 aromatic rings. The first kappa shape index (κ1) is 12.2. The van der Waals surface area contributed by atoms with Crippen LogP contribution in [-0.4, -0.2) is 36.4 Å². The van der Waals surface area contributed by atoms with Crippen LogP contribution in [0.1, 0.15) is 0 Å². The number of nitriles is 1. The molecule has 0 saturated heterocycles. The van der Waals surface area contributed by atoms with E-state index in [1.54, 1.807) is 30.3 Å². The van der Waals surface area contributed by atoms with Crippen molar-refractivity contribution in [3.8, 4) is 6.07 Å². The fraction of sp³-hybridized carbons (Fsp3) is 0.333. The standard InChI is InChI=1S/C9H15N5/c1-5-11-12-8-9(7-10)14(4)13(3)6-2/h5-6,8-9,11H,1-2H2,3-4H3. The molecule has 0 radical (unpaired) electrons. The highest BCUT2D eigenvalue weighted by molar-refractivity contribution is 5.67. The summed E-state index contributed by atoms with van der Waals surface area (Å²) in [6.07, 6.45) is 4.53. The number of hydrazone groups is 1. The van der Waals surface area contributed by atoms with E-state index < -0.39 is 6.04 Å². The van der Waals surface area contributed by atoms with Crippen molar-refractivity contribution in [1.82, 2.24) is 15.4 Å². The zero-order valence-electron chi connectivity index (χ0n) is 8.51. The molecule has 0 amide bonds. The molecule has 1 unspecified atom stereocenters. The van der Waals surface area contributed by atoms with Crippen molar-refractivity contribution in [2.24, 2.45) is 5.10 Å². The van der Waals surface area contributed by atoms with Crippen LogP contribution < -0.4 is 5.43 Å². The van der Waals surface area contributed by atoms with Crippen molar-refractivity contribution in [1.29, 1.82) is 5.26 Å². The number of hydrazine groups is 1. The third kappa shape index (κ3) is 3.74. The van der Waals surface area contributed by atoms with Gasteiger partial charge in [0.05, 0.1) is 12.3 Å². The summed E-state index contributed by atoms with van der Waals surface area (Å²) in [6, 6.07) is 1.65. The fourth-order valence-corrected chi connectivity index (χ4v) is 0.705. The largest absolute Gasteiger partial charge is 0.315 e. The maximum absolute atomic E-state index is 8.84. The van der Waals surface area contributed by atoms with Gasteiger partial charge in [-0.3, -0.25) is 5.43 Å². The minimum Gasteiger partial charge on any atom is -0.315 e. The van der Waals surface area contributed by atoms with Crippen LogP contribution in [0, 0.1) is 11.3 Å². The van der Waals surface area contributed by atoms with Gasteiger partial charge in [0.1, 0.15) is 0 Å². The molecule has 1 N–H and O–H groups in total. The van der Waals surface area contributed by atoms with E-state index >= 15 is 0 Å². The minimum atomic E-state index is -0.439. The third-order valence-corrected chi connectivity index (χ3v) is 1.68. The van der Waals surface area contributed by atoms with Gasteiger partial charge in [0.15, 0.2) is 6.04 Å². The lowest BCUT2D eigenvalue weighted by Crippen LogP contribution is -2.41. The quantitative estimate of drug-likeness (QED) is 0.493. The van der Waals surface area contributed by atoms with Gasteiger partial charge < -0.3 is 5.01 Å². The first-order valence-corrected chi connectivity index (χ1v) is 4.04. The summed E-state index contributed by atoms with van der Waals surface area (Å²) >= 11 is 0. The summed E-state index contributed by atoms with van der Waals surface area (Å²) in [4.78, 5) is 0. The van der Waals surface area contributed by atoms with Gasteiger partial charge >= 0.3 is 0 Å². The lowest BCUT2D eigenvalue weighted by atomic mass is 10.3. The zero-order valence-corrected chi connectivity index (χ0v) is 8.51. The van der Waals surface area contributed by atoms with Crippen LogP contribution in [0.3, 0.4) is 0 Å². The highest BCUT2D eigenvalue weighted by atomic mass is 15.6. The maximum atomic E-state index is 8.84. The molecule has 0 bridgehead atoms. The van der Waals surface area contributed by atoms with Crippen molar-refractivity contribution < 1.29 is 0 Å². The summed E-state index contributed by atoms with van der Waals surface area (Å²) in [5.74, 6) is 0. The predicted molar refractivity (Wildman–Crippen MR) is 56.9 cm³/mol. The average molecular weight is 193 g/mol. The summed E-state index contributed by atoms with van der Waals surface area (Å²) in [6.45, 7) is 7.02. The summed E-state index contributed by atoms with van der Waals surface area (Å²) in [7, 11) is 3.57. The van der Waals surface area contributed by atoms with Gasteiger partial charge in [-0.15, -0.1) is 0 Å². The first-order valence-electron chi connectivity index (χ1n) is 4.04. The van der Waals surface area contributed by atoms with E-state index in [2.05, 4.69) is 29.8 Å². The molecular formula is C9H15N5. The van der Waals surface area contributed by atoms with E-state index in [1.807, 2.05) is 0 Å². The lowest BCUT2D eigenvalue weighted by molar-refractivity contribution is 0.0795. The zero-order chi connectivity index (χ0) is 11.0.